The van der Waals surface area contributed by atoms with Gasteiger partial charge in [0, 0.05) is 6.42 Å². The molecule has 0 radical (unpaired) electrons. The van der Waals surface area contributed by atoms with Crippen LogP contribution in [0, 0.1) is 0 Å². The van der Waals surface area contributed by atoms with E-state index in [1.54, 1.807) is 0 Å². The van der Waals surface area contributed by atoms with Crippen LogP contribution in [0.15, 0.2) is 0 Å². The van der Waals surface area contributed by atoms with Gasteiger partial charge in [-0.05, 0) is 6.42 Å². The summed E-state index contributed by atoms with van der Waals surface area (Å²) in [6, 6.07) is -0.578. The Labute approximate surface area is 117 Å². The van der Waals surface area contributed by atoms with Gasteiger partial charge in [-0.1, -0.05) is 5.09 Å². The van der Waals surface area contributed by atoms with Crippen molar-refractivity contribution in [2.75, 3.05) is 26.4 Å². The highest BCUT2D eigenvalue weighted by molar-refractivity contribution is 7.60. The fourth-order valence-corrected chi connectivity index (χ4v) is 4.88. The van der Waals surface area contributed by atoms with Crippen LogP contribution in [0.4, 0.5) is 0 Å². The highest BCUT2D eigenvalue weighted by Gasteiger charge is 2.62. The maximum Gasteiger partial charge on any atom is 0.550 e. The Bertz CT molecular complexity index is 398. The highest BCUT2D eigenvalue weighted by Crippen LogP contribution is 2.64. The van der Waals surface area contributed by atoms with Crippen molar-refractivity contribution in [1.82, 2.24) is 10.2 Å². The quantitative estimate of drug-likeness (QED) is 0.716. The Hall–Kier alpha value is -0.400. The van der Waals surface area contributed by atoms with Crippen LogP contribution in [0.25, 0.3) is 0 Å². The van der Waals surface area contributed by atoms with Gasteiger partial charge in [0.2, 0.25) is 5.91 Å². The van der Waals surface area contributed by atoms with Crippen molar-refractivity contribution in [1.29, 1.82) is 0 Å². The van der Waals surface area contributed by atoms with Crippen LogP contribution in [-0.2, 0) is 32.2 Å². The molecular formula is C9H15N2O7P2+. The number of hydrogen-bond donors (Lipinski definition) is 2. The predicted molar refractivity (Wildman–Crippen MR) is 68.0 cm³/mol. The number of amides is 1. The van der Waals surface area contributed by atoms with Gasteiger partial charge in [-0.2, -0.15) is 9.05 Å². The fourth-order valence-electron chi connectivity index (χ4n) is 1.89. The lowest BCUT2D eigenvalue weighted by Gasteiger charge is -2.09. The van der Waals surface area contributed by atoms with Crippen LogP contribution in [0.2, 0.25) is 0 Å². The molecule has 3 fully saturated rings. The summed E-state index contributed by atoms with van der Waals surface area (Å²) >= 11 is 0. The molecule has 0 saturated carbocycles. The lowest BCUT2D eigenvalue weighted by atomic mass is 10.2. The average molecular weight is 325 g/mol. The van der Waals surface area contributed by atoms with Crippen molar-refractivity contribution >= 4 is 28.5 Å². The molecule has 0 bridgehead atoms. The Balaban J connectivity index is 1.43. The Kier molecular flexibility index (Phi) is 4.47. The number of nitrogens with one attached hydrogen (secondary N) is 2. The first-order valence-corrected chi connectivity index (χ1v) is 8.94. The van der Waals surface area contributed by atoms with E-state index < -0.39 is 28.6 Å². The number of carbonyl (C=O) groups excluding carboxylic acids is 2. The topological polar surface area (TPSA) is 104 Å². The molecule has 3 rings (SSSR count). The van der Waals surface area contributed by atoms with E-state index in [1.807, 2.05) is 0 Å². The second-order valence-electron chi connectivity index (χ2n) is 4.25. The minimum absolute atomic E-state index is 0.165. The first kappa shape index (κ1) is 14.5. The SMILES string of the molecule is O=C(CC[C@H]1N[P+]2(OCCO2)OC1=O)NP1OCCO1. The lowest BCUT2D eigenvalue weighted by molar-refractivity contribution is -0.134. The summed E-state index contributed by atoms with van der Waals surface area (Å²) in [6.45, 7) is 1.79. The van der Waals surface area contributed by atoms with Crippen LogP contribution >= 0.6 is 16.6 Å². The van der Waals surface area contributed by atoms with Gasteiger partial charge in [0.05, 0.1) is 13.2 Å². The van der Waals surface area contributed by atoms with Crippen LogP contribution in [0.1, 0.15) is 12.8 Å². The second-order valence-corrected chi connectivity index (χ2v) is 7.46. The van der Waals surface area contributed by atoms with E-state index in [-0.39, 0.29) is 12.3 Å². The molecule has 0 unspecified atom stereocenters. The smallest absolute Gasteiger partial charge is 0.315 e. The van der Waals surface area contributed by atoms with Crippen LogP contribution < -0.4 is 10.2 Å². The van der Waals surface area contributed by atoms with Crippen molar-refractivity contribution in [2.24, 2.45) is 0 Å². The van der Waals surface area contributed by atoms with E-state index >= 15 is 0 Å². The predicted octanol–water partition coefficient (Wildman–Crippen LogP) is 0.396. The summed E-state index contributed by atoms with van der Waals surface area (Å²) in [6.07, 6.45) is 0.473. The maximum atomic E-state index is 11.7. The van der Waals surface area contributed by atoms with E-state index in [1.165, 1.54) is 0 Å². The minimum atomic E-state index is -2.68. The monoisotopic (exact) mass is 325 g/mol. The molecule has 0 aromatic carbocycles. The molecule has 0 aliphatic carbocycles. The van der Waals surface area contributed by atoms with Crippen molar-refractivity contribution in [2.45, 2.75) is 18.9 Å². The molecule has 3 saturated heterocycles. The van der Waals surface area contributed by atoms with E-state index in [0.717, 1.165) is 0 Å². The zero-order valence-electron chi connectivity index (χ0n) is 10.6. The third kappa shape index (κ3) is 3.26. The molecule has 2 N–H and O–H groups in total. The van der Waals surface area contributed by atoms with Crippen molar-refractivity contribution < 1.29 is 32.2 Å². The van der Waals surface area contributed by atoms with Gasteiger partial charge in [-0.25, -0.2) is 9.32 Å². The molecule has 11 heteroatoms. The lowest BCUT2D eigenvalue weighted by Crippen LogP contribution is -2.29. The zero-order chi connectivity index (χ0) is 14.0. The molecular weight excluding hydrogens is 310 g/mol. The van der Waals surface area contributed by atoms with Gasteiger partial charge >= 0.3 is 14.1 Å². The molecule has 0 aromatic heterocycles. The zero-order valence-corrected chi connectivity index (χ0v) is 12.4. The second kappa shape index (κ2) is 6.15. The van der Waals surface area contributed by atoms with Crippen molar-refractivity contribution in [3.05, 3.63) is 0 Å². The molecule has 112 valence electrons. The summed E-state index contributed by atoms with van der Waals surface area (Å²) in [4.78, 5) is 23.4. The molecule has 9 nitrogen and oxygen atoms in total. The summed E-state index contributed by atoms with van der Waals surface area (Å²) in [5, 5.41) is 5.55. The molecule has 1 atom stereocenters. The minimum Gasteiger partial charge on any atom is -0.315 e. The van der Waals surface area contributed by atoms with Gasteiger partial charge in [-0.15, -0.1) is 0 Å². The molecule has 20 heavy (non-hydrogen) atoms. The van der Waals surface area contributed by atoms with E-state index in [4.69, 9.17) is 22.6 Å². The molecule has 3 heterocycles. The molecule has 0 aromatic rings. The van der Waals surface area contributed by atoms with Crippen LogP contribution in [-0.4, -0.2) is 44.3 Å². The van der Waals surface area contributed by atoms with E-state index in [2.05, 4.69) is 10.2 Å². The third-order valence-electron chi connectivity index (χ3n) is 2.79. The first-order chi connectivity index (χ1) is 9.67. The summed E-state index contributed by atoms with van der Waals surface area (Å²) < 4.78 is 26.1. The van der Waals surface area contributed by atoms with Crippen molar-refractivity contribution in [3.8, 4) is 0 Å². The van der Waals surface area contributed by atoms with Crippen molar-refractivity contribution in [3.63, 3.8) is 0 Å². The average Bonchev–Trinajstić information content (AvgIpc) is 3.12. The van der Waals surface area contributed by atoms with Crippen LogP contribution in [0.5, 0.6) is 0 Å². The number of hydrogen-bond acceptors (Lipinski definition) is 8. The number of carbonyl (C=O) groups is 2. The standard InChI is InChI=1S/C9H14N2O7P2/c12-8(10-19-14-3-4-15-19)2-1-7-9(13)18-20(11-7)16-5-6-17-20/h7,11H,1-6H2/p+1/t7-/m1/s1. The normalized spacial score (nSPS) is 29.0. The summed E-state index contributed by atoms with van der Waals surface area (Å²) in [5.74, 6) is -0.660. The highest BCUT2D eigenvalue weighted by atomic mass is 31.2. The molecule has 3 aliphatic heterocycles. The van der Waals surface area contributed by atoms with Gasteiger partial charge in [0.25, 0.3) is 8.53 Å². The largest absolute Gasteiger partial charge is 0.550 e. The van der Waals surface area contributed by atoms with Gasteiger partial charge < -0.3 is 9.05 Å². The summed E-state index contributed by atoms with van der Waals surface area (Å²) in [5.41, 5.74) is 0. The Morgan fingerprint density at radius 2 is 2.00 bits per heavy atom. The van der Waals surface area contributed by atoms with Gasteiger partial charge in [0.15, 0.2) is 6.04 Å². The van der Waals surface area contributed by atoms with Gasteiger partial charge in [-0.3, -0.25) is 9.88 Å². The Morgan fingerprint density at radius 1 is 1.30 bits per heavy atom. The van der Waals surface area contributed by atoms with E-state index in [0.29, 0.717) is 32.8 Å². The van der Waals surface area contributed by atoms with Gasteiger partial charge in [0.1, 0.15) is 13.2 Å². The molecule has 1 spiro atoms. The Morgan fingerprint density at radius 3 is 2.70 bits per heavy atom. The maximum absolute atomic E-state index is 11.7. The molecule has 1 amide bonds. The van der Waals surface area contributed by atoms with E-state index in [9.17, 15) is 9.59 Å². The third-order valence-corrected chi connectivity index (χ3v) is 6.15. The number of rotatable bonds is 4. The van der Waals surface area contributed by atoms with Crippen LogP contribution in [0.3, 0.4) is 0 Å². The molecule has 3 aliphatic rings. The first-order valence-electron chi connectivity index (χ1n) is 6.22. The fraction of sp³-hybridized carbons (Fsp3) is 0.778. The summed E-state index contributed by atoms with van der Waals surface area (Å²) in [7, 11) is -3.99.